The molecule has 0 amide bonds. The Hall–Kier alpha value is -2.96. The van der Waals surface area contributed by atoms with Crippen molar-refractivity contribution in [1.82, 2.24) is 0 Å². The van der Waals surface area contributed by atoms with E-state index in [0.717, 1.165) is 17.4 Å². The fourth-order valence-electron chi connectivity index (χ4n) is 3.41. The Balaban J connectivity index is 1.48. The Morgan fingerprint density at radius 1 is 1.06 bits per heavy atom. The average molecular weight is 457 g/mol. The number of Topliss-reactive ketones (excluding diaryl/α,β-unsaturated/α-hetero) is 1. The molecule has 0 atom stereocenters. The molecule has 0 aromatic heterocycles. The smallest absolute Gasteiger partial charge is 0.189 e. The lowest BCUT2D eigenvalue weighted by Gasteiger charge is -2.08. The van der Waals surface area contributed by atoms with Crippen molar-refractivity contribution in [2.45, 2.75) is 17.9 Å². The highest BCUT2D eigenvalue weighted by atomic mass is 35.5. The summed E-state index contributed by atoms with van der Waals surface area (Å²) in [4.78, 5) is 12.9. The van der Waals surface area contributed by atoms with E-state index in [1.165, 1.54) is 12.1 Å². The first-order chi connectivity index (χ1) is 14.7. The summed E-state index contributed by atoms with van der Waals surface area (Å²) in [6.07, 6.45) is 3.33. The van der Waals surface area contributed by atoms with Gasteiger partial charge in [0, 0.05) is 23.8 Å². The number of halogens is 2. The van der Waals surface area contributed by atoms with Gasteiger partial charge in [-0.2, -0.15) is 0 Å². The molecule has 1 aliphatic rings. The Bertz CT molecular complexity index is 1310. The molecule has 0 N–H and O–H groups in total. The van der Waals surface area contributed by atoms with Gasteiger partial charge in [0.1, 0.15) is 18.2 Å². The van der Waals surface area contributed by atoms with Crippen molar-refractivity contribution >= 4 is 33.3 Å². The van der Waals surface area contributed by atoms with Crippen LogP contribution in [0.2, 0.25) is 5.02 Å². The number of hydrogen-bond acceptors (Lipinski definition) is 4. The highest BCUT2D eigenvalue weighted by molar-refractivity contribution is 7.90. The zero-order chi connectivity index (χ0) is 22.2. The maximum atomic E-state index is 13.4. The first-order valence-corrected chi connectivity index (χ1v) is 11.7. The molecule has 7 heteroatoms. The standard InChI is InChI=1S/C24H18ClFO4S/c1-31(28,29)20-6-2-15(3-7-20)14-30-19-5-8-21-17(13-19)12-18(24(21)27)10-16-4-9-23(26)22(25)11-16/h2-11,13H,12,14H2,1H3/b18-10+. The first kappa shape index (κ1) is 21.3. The molecule has 158 valence electrons. The van der Waals surface area contributed by atoms with Gasteiger partial charge < -0.3 is 4.74 Å². The Morgan fingerprint density at radius 3 is 2.48 bits per heavy atom. The van der Waals surface area contributed by atoms with Gasteiger partial charge in [-0.1, -0.05) is 29.8 Å². The van der Waals surface area contributed by atoms with Gasteiger partial charge in [-0.25, -0.2) is 12.8 Å². The molecule has 4 rings (SSSR count). The molecule has 0 saturated carbocycles. The van der Waals surface area contributed by atoms with Gasteiger partial charge in [-0.05, 0) is 65.2 Å². The fraction of sp³-hybridized carbons (Fsp3) is 0.125. The van der Waals surface area contributed by atoms with Crippen LogP contribution in [0.4, 0.5) is 4.39 Å². The molecule has 0 saturated heterocycles. The molecule has 0 bridgehead atoms. The van der Waals surface area contributed by atoms with Crippen molar-refractivity contribution in [3.05, 3.63) is 99.3 Å². The topological polar surface area (TPSA) is 60.4 Å². The minimum absolute atomic E-state index is 0.0116. The minimum atomic E-state index is -3.24. The lowest BCUT2D eigenvalue weighted by atomic mass is 10.1. The van der Waals surface area contributed by atoms with E-state index in [1.807, 2.05) is 6.07 Å². The number of allylic oxidation sites excluding steroid dienone is 1. The second-order valence-corrected chi connectivity index (χ2v) is 9.80. The Labute approximate surface area is 184 Å². The zero-order valence-corrected chi connectivity index (χ0v) is 18.1. The summed E-state index contributed by atoms with van der Waals surface area (Å²) < 4.78 is 42.3. The number of rotatable bonds is 5. The van der Waals surface area contributed by atoms with Gasteiger partial charge in [0.2, 0.25) is 0 Å². The van der Waals surface area contributed by atoms with Gasteiger partial charge >= 0.3 is 0 Å². The van der Waals surface area contributed by atoms with Crippen LogP contribution in [0, 0.1) is 5.82 Å². The third kappa shape index (κ3) is 4.70. The van der Waals surface area contributed by atoms with Crippen LogP contribution >= 0.6 is 11.6 Å². The second kappa shape index (κ2) is 8.29. The predicted molar refractivity (Wildman–Crippen MR) is 118 cm³/mol. The van der Waals surface area contributed by atoms with E-state index in [-0.39, 0.29) is 22.3 Å². The van der Waals surface area contributed by atoms with Crippen molar-refractivity contribution in [2.75, 3.05) is 6.26 Å². The minimum Gasteiger partial charge on any atom is -0.489 e. The zero-order valence-electron chi connectivity index (χ0n) is 16.6. The van der Waals surface area contributed by atoms with E-state index in [0.29, 0.717) is 28.9 Å². The van der Waals surface area contributed by atoms with E-state index < -0.39 is 15.7 Å². The number of ether oxygens (including phenoxy) is 1. The molecular formula is C24H18ClFO4S. The lowest BCUT2D eigenvalue weighted by Crippen LogP contribution is -2.00. The number of hydrogen-bond donors (Lipinski definition) is 0. The lowest BCUT2D eigenvalue weighted by molar-refractivity contribution is 0.104. The molecule has 0 fully saturated rings. The van der Waals surface area contributed by atoms with Gasteiger partial charge in [-0.3, -0.25) is 4.79 Å². The highest BCUT2D eigenvalue weighted by Gasteiger charge is 2.25. The van der Waals surface area contributed by atoms with Crippen LogP contribution in [0.15, 0.2) is 71.1 Å². The molecule has 4 nitrogen and oxygen atoms in total. The molecule has 3 aromatic rings. The molecule has 0 aliphatic heterocycles. The molecule has 31 heavy (non-hydrogen) atoms. The van der Waals surface area contributed by atoms with Crippen LogP contribution in [-0.4, -0.2) is 20.5 Å². The average Bonchev–Trinajstić information content (AvgIpc) is 3.03. The number of fused-ring (bicyclic) bond motifs is 1. The summed E-state index contributed by atoms with van der Waals surface area (Å²) in [6, 6.07) is 16.2. The first-order valence-electron chi connectivity index (χ1n) is 9.46. The van der Waals surface area contributed by atoms with Crippen LogP contribution in [-0.2, 0) is 22.9 Å². The second-order valence-electron chi connectivity index (χ2n) is 7.37. The van der Waals surface area contributed by atoms with E-state index in [2.05, 4.69) is 0 Å². The van der Waals surface area contributed by atoms with Crippen LogP contribution in [0.3, 0.4) is 0 Å². The van der Waals surface area contributed by atoms with Crippen LogP contribution < -0.4 is 4.74 Å². The van der Waals surface area contributed by atoms with Crippen molar-refractivity contribution in [1.29, 1.82) is 0 Å². The quantitative estimate of drug-likeness (QED) is 0.490. The number of carbonyl (C=O) groups is 1. The van der Waals surface area contributed by atoms with Crippen LogP contribution in [0.1, 0.15) is 27.0 Å². The number of sulfone groups is 1. The number of carbonyl (C=O) groups excluding carboxylic acids is 1. The van der Waals surface area contributed by atoms with E-state index >= 15 is 0 Å². The van der Waals surface area contributed by atoms with Crippen molar-refractivity contribution in [3.63, 3.8) is 0 Å². The molecule has 0 radical (unpaired) electrons. The summed E-state index contributed by atoms with van der Waals surface area (Å²) in [5.41, 5.74) is 3.57. The summed E-state index contributed by atoms with van der Waals surface area (Å²) in [5.74, 6) is 0.0424. The van der Waals surface area contributed by atoms with Gasteiger partial charge in [-0.15, -0.1) is 0 Å². The van der Waals surface area contributed by atoms with Crippen molar-refractivity contribution < 1.29 is 22.3 Å². The maximum Gasteiger partial charge on any atom is 0.189 e. The third-order valence-electron chi connectivity index (χ3n) is 5.04. The van der Waals surface area contributed by atoms with E-state index in [4.69, 9.17) is 16.3 Å². The molecule has 3 aromatic carbocycles. The highest BCUT2D eigenvalue weighted by Crippen LogP contribution is 2.31. The number of ketones is 1. The monoisotopic (exact) mass is 456 g/mol. The summed E-state index contributed by atoms with van der Waals surface area (Å²) >= 11 is 5.83. The van der Waals surface area contributed by atoms with Crippen molar-refractivity contribution in [2.24, 2.45) is 0 Å². The molecule has 0 spiro atoms. The number of benzene rings is 3. The Morgan fingerprint density at radius 2 is 1.81 bits per heavy atom. The molecule has 1 aliphatic carbocycles. The van der Waals surface area contributed by atoms with Crippen LogP contribution in [0.5, 0.6) is 5.75 Å². The largest absolute Gasteiger partial charge is 0.489 e. The summed E-state index contributed by atoms with van der Waals surface area (Å²) in [6.45, 7) is 0.271. The molecule has 0 unspecified atom stereocenters. The predicted octanol–water partition coefficient (Wildman–Crippen LogP) is 5.28. The van der Waals surface area contributed by atoms with Gasteiger partial charge in [0.25, 0.3) is 0 Å². The maximum absolute atomic E-state index is 13.4. The van der Waals surface area contributed by atoms with E-state index in [9.17, 15) is 17.6 Å². The molecule has 0 heterocycles. The van der Waals surface area contributed by atoms with Crippen molar-refractivity contribution in [3.8, 4) is 5.75 Å². The van der Waals surface area contributed by atoms with Gasteiger partial charge in [0.15, 0.2) is 15.6 Å². The molecular weight excluding hydrogens is 439 g/mol. The van der Waals surface area contributed by atoms with Crippen LogP contribution in [0.25, 0.3) is 6.08 Å². The third-order valence-corrected chi connectivity index (χ3v) is 6.45. The normalized spacial score (nSPS) is 14.7. The fourth-order valence-corrected chi connectivity index (χ4v) is 4.22. The van der Waals surface area contributed by atoms with Gasteiger partial charge in [0.05, 0.1) is 9.92 Å². The SMILES string of the molecule is CS(=O)(=O)c1ccc(COc2ccc3c(c2)C/C(=C\c2ccc(F)c(Cl)c2)C3=O)cc1. The van der Waals surface area contributed by atoms with E-state index in [1.54, 1.807) is 48.5 Å². The summed E-state index contributed by atoms with van der Waals surface area (Å²) in [5, 5.41) is 0.0116. The summed E-state index contributed by atoms with van der Waals surface area (Å²) in [7, 11) is -3.24. The Kier molecular flexibility index (Phi) is 5.69.